The molecule has 0 bridgehead atoms. The van der Waals surface area contributed by atoms with Gasteiger partial charge in [0.1, 0.15) is 0 Å². The quantitative estimate of drug-likeness (QED) is 0.621. The molecule has 0 aliphatic heterocycles. The van der Waals surface area contributed by atoms with E-state index < -0.39 is 4.92 Å². The molecular weight excluding hydrogens is 240 g/mol. The molecular formula is C15H12N2O2. The Hall–Kier alpha value is -2.67. The Morgan fingerprint density at radius 3 is 2.74 bits per heavy atom. The van der Waals surface area contributed by atoms with Crippen molar-refractivity contribution in [2.45, 2.75) is 13.3 Å². The van der Waals surface area contributed by atoms with Crippen LogP contribution in [0.15, 0.2) is 42.5 Å². The minimum absolute atomic E-state index is 0.0945. The van der Waals surface area contributed by atoms with Gasteiger partial charge in [-0.25, -0.2) is 0 Å². The fourth-order valence-electron chi connectivity index (χ4n) is 1.93. The lowest BCUT2D eigenvalue weighted by Crippen LogP contribution is -1.95. The third-order valence-electron chi connectivity index (χ3n) is 2.99. The first-order valence-corrected chi connectivity index (χ1v) is 5.83. The maximum atomic E-state index is 10.8. The Morgan fingerprint density at radius 1 is 1.26 bits per heavy atom. The normalized spacial score (nSPS) is 9.89. The molecule has 0 saturated carbocycles. The summed E-state index contributed by atoms with van der Waals surface area (Å²) in [6, 6.07) is 14.2. The average molecular weight is 252 g/mol. The third kappa shape index (κ3) is 2.96. The molecule has 0 aliphatic carbocycles. The van der Waals surface area contributed by atoms with Crippen LogP contribution in [0, 0.1) is 28.4 Å². The van der Waals surface area contributed by atoms with E-state index in [1.807, 2.05) is 19.1 Å². The predicted molar refractivity (Wildman–Crippen MR) is 71.8 cm³/mol. The highest BCUT2D eigenvalue weighted by atomic mass is 16.6. The van der Waals surface area contributed by atoms with Gasteiger partial charge in [0.05, 0.1) is 16.6 Å². The zero-order valence-electron chi connectivity index (χ0n) is 10.5. The number of hydrogen-bond acceptors (Lipinski definition) is 3. The first kappa shape index (κ1) is 12.8. The van der Waals surface area contributed by atoms with Crippen molar-refractivity contribution >= 4 is 5.69 Å². The van der Waals surface area contributed by atoms with E-state index in [0.717, 1.165) is 16.7 Å². The largest absolute Gasteiger partial charge is 0.269 e. The molecule has 4 nitrogen and oxygen atoms in total. The van der Waals surface area contributed by atoms with Crippen molar-refractivity contribution in [3.05, 3.63) is 74.8 Å². The molecule has 0 radical (unpaired) electrons. The van der Waals surface area contributed by atoms with Gasteiger partial charge in [-0.3, -0.25) is 10.1 Å². The van der Waals surface area contributed by atoms with Gasteiger partial charge in [-0.05, 0) is 42.2 Å². The second-order valence-corrected chi connectivity index (χ2v) is 4.36. The maximum absolute atomic E-state index is 10.8. The van der Waals surface area contributed by atoms with Crippen molar-refractivity contribution in [2.24, 2.45) is 0 Å². The Bertz CT molecular complexity index is 672. The summed E-state index contributed by atoms with van der Waals surface area (Å²) in [6.07, 6.45) is 0.586. The molecule has 0 N–H and O–H groups in total. The van der Waals surface area contributed by atoms with Gasteiger partial charge in [0, 0.05) is 12.1 Å². The van der Waals surface area contributed by atoms with Crippen LogP contribution in [-0.2, 0) is 6.42 Å². The first-order chi connectivity index (χ1) is 9.10. The standard InChI is InChI=1S/C15H12N2O2/c1-11-5-6-15(17(18)19)9-14(11)8-12-3-2-4-13(7-12)10-16/h2-7,9H,8H2,1H3. The fraction of sp³-hybridized carbons (Fsp3) is 0.133. The highest BCUT2D eigenvalue weighted by Gasteiger charge is 2.09. The van der Waals surface area contributed by atoms with Gasteiger partial charge in [-0.15, -0.1) is 0 Å². The second-order valence-electron chi connectivity index (χ2n) is 4.36. The summed E-state index contributed by atoms with van der Waals surface area (Å²) in [5.74, 6) is 0. The van der Waals surface area contributed by atoms with Crippen LogP contribution >= 0.6 is 0 Å². The molecule has 0 unspecified atom stereocenters. The van der Waals surface area contributed by atoms with Gasteiger partial charge in [0.25, 0.3) is 5.69 Å². The first-order valence-electron chi connectivity index (χ1n) is 5.83. The number of non-ortho nitro benzene ring substituents is 1. The number of nitriles is 1. The average Bonchev–Trinajstić information content (AvgIpc) is 2.41. The van der Waals surface area contributed by atoms with Gasteiger partial charge in [-0.2, -0.15) is 5.26 Å². The number of benzene rings is 2. The minimum Gasteiger partial charge on any atom is -0.258 e. The van der Waals surface area contributed by atoms with Gasteiger partial charge < -0.3 is 0 Å². The number of rotatable bonds is 3. The van der Waals surface area contributed by atoms with Crippen molar-refractivity contribution in [2.75, 3.05) is 0 Å². The minimum atomic E-state index is -0.394. The lowest BCUT2D eigenvalue weighted by Gasteiger charge is -2.06. The topological polar surface area (TPSA) is 66.9 Å². The van der Waals surface area contributed by atoms with Crippen molar-refractivity contribution in [1.82, 2.24) is 0 Å². The van der Waals surface area contributed by atoms with Crippen LogP contribution in [0.1, 0.15) is 22.3 Å². The van der Waals surface area contributed by atoms with Crippen LogP contribution in [0.25, 0.3) is 0 Å². The molecule has 0 aliphatic rings. The van der Waals surface area contributed by atoms with Crippen LogP contribution in [0.5, 0.6) is 0 Å². The fourth-order valence-corrected chi connectivity index (χ4v) is 1.93. The van der Waals surface area contributed by atoms with Gasteiger partial charge in [0.15, 0.2) is 0 Å². The lowest BCUT2D eigenvalue weighted by atomic mass is 9.99. The molecule has 0 spiro atoms. The third-order valence-corrected chi connectivity index (χ3v) is 2.99. The second kappa shape index (κ2) is 5.32. The molecule has 94 valence electrons. The molecule has 0 atom stereocenters. The monoisotopic (exact) mass is 252 g/mol. The zero-order chi connectivity index (χ0) is 13.8. The molecule has 0 amide bonds. The Kier molecular flexibility index (Phi) is 3.58. The summed E-state index contributed by atoms with van der Waals surface area (Å²) in [4.78, 5) is 10.4. The summed E-state index contributed by atoms with van der Waals surface area (Å²) < 4.78 is 0. The van der Waals surface area contributed by atoms with Crippen molar-refractivity contribution < 1.29 is 4.92 Å². The lowest BCUT2D eigenvalue weighted by molar-refractivity contribution is -0.384. The number of hydrogen-bond donors (Lipinski definition) is 0. The van der Waals surface area contributed by atoms with Gasteiger partial charge in [0.2, 0.25) is 0 Å². The van der Waals surface area contributed by atoms with Crippen LogP contribution < -0.4 is 0 Å². The smallest absolute Gasteiger partial charge is 0.258 e. The predicted octanol–water partition coefficient (Wildman–Crippen LogP) is 3.37. The SMILES string of the molecule is Cc1ccc([N+](=O)[O-])cc1Cc1cccc(C#N)c1. The Balaban J connectivity index is 2.34. The molecule has 19 heavy (non-hydrogen) atoms. The van der Waals surface area contributed by atoms with Gasteiger partial charge in [-0.1, -0.05) is 18.2 Å². The highest BCUT2D eigenvalue weighted by molar-refractivity contribution is 5.43. The molecule has 2 rings (SSSR count). The van der Waals surface area contributed by atoms with Crippen LogP contribution in [0.3, 0.4) is 0 Å². The maximum Gasteiger partial charge on any atom is 0.269 e. The summed E-state index contributed by atoms with van der Waals surface area (Å²) in [6.45, 7) is 1.92. The molecule has 0 aromatic heterocycles. The van der Waals surface area contributed by atoms with Gasteiger partial charge >= 0.3 is 0 Å². The zero-order valence-corrected chi connectivity index (χ0v) is 10.5. The van der Waals surface area contributed by atoms with E-state index in [2.05, 4.69) is 6.07 Å². The highest BCUT2D eigenvalue weighted by Crippen LogP contribution is 2.20. The number of nitro groups is 1. The number of aryl methyl sites for hydroxylation is 1. The number of nitro benzene ring substituents is 1. The van der Waals surface area contributed by atoms with E-state index in [9.17, 15) is 10.1 Å². The van der Waals surface area contributed by atoms with Crippen molar-refractivity contribution in [3.8, 4) is 6.07 Å². The van der Waals surface area contributed by atoms with E-state index in [0.29, 0.717) is 12.0 Å². The number of nitrogens with zero attached hydrogens (tertiary/aromatic N) is 2. The molecule has 4 heteroatoms. The molecule has 0 heterocycles. The summed E-state index contributed by atoms with van der Waals surface area (Å²) in [5, 5.41) is 19.6. The van der Waals surface area contributed by atoms with E-state index >= 15 is 0 Å². The molecule has 0 saturated heterocycles. The van der Waals surface area contributed by atoms with Crippen LogP contribution in [0.2, 0.25) is 0 Å². The van der Waals surface area contributed by atoms with Crippen LogP contribution in [0.4, 0.5) is 5.69 Å². The molecule has 0 fully saturated rings. The van der Waals surface area contributed by atoms with E-state index in [-0.39, 0.29) is 5.69 Å². The van der Waals surface area contributed by atoms with Crippen molar-refractivity contribution in [1.29, 1.82) is 5.26 Å². The Morgan fingerprint density at radius 2 is 2.05 bits per heavy atom. The van der Waals surface area contributed by atoms with E-state index in [4.69, 9.17) is 5.26 Å². The van der Waals surface area contributed by atoms with E-state index in [1.54, 1.807) is 24.3 Å². The molecule has 2 aromatic carbocycles. The van der Waals surface area contributed by atoms with E-state index in [1.165, 1.54) is 6.07 Å². The molecule has 2 aromatic rings. The summed E-state index contributed by atoms with van der Waals surface area (Å²) in [7, 11) is 0. The Labute approximate surface area is 111 Å². The summed E-state index contributed by atoms with van der Waals surface area (Å²) >= 11 is 0. The summed E-state index contributed by atoms with van der Waals surface area (Å²) in [5.41, 5.74) is 3.58. The van der Waals surface area contributed by atoms with Crippen molar-refractivity contribution in [3.63, 3.8) is 0 Å². The van der Waals surface area contributed by atoms with Crippen LogP contribution in [-0.4, -0.2) is 4.92 Å².